The summed E-state index contributed by atoms with van der Waals surface area (Å²) in [6, 6.07) is 1.42. The predicted octanol–water partition coefficient (Wildman–Crippen LogP) is 3.52. The Morgan fingerprint density at radius 2 is 1.86 bits per heavy atom. The Bertz CT molecular complexity index is 733. The Morgan fingerprint density at radius 3 is 2.33 bits per heavy atom. The van der Waals surface area contributed by atoms with Crippen LogP contribution in [0.2, 0.25) is 5.15 Å². The van der Waals surface area contributed by atoms with Gasteiger partial charge in [-0.15, -0.1) is 0 Å². The molecule has 1 aliphatic rings. The summed E-state index contributed by atoms with van der Waals surface area (Å²) in [4.78, 5) is 11.3. The molecule has 1 aromatic heterocycles. The number of aromatic carboxylic acids is 1. The minimum atomic E-state index is -1.61. The minimum absolute atomic E-state index is 0.0232. The molecule has 0 aliphatic heterocycles. The van der Waals surface area contributed by atoms with E-state index in [2.05, 4.69) is 5.10 Å². The minimum Gasteiger partial charge on any atom is -0.478 e. The molecule has 1 N–H and O–H groups in total. The van der Waals surface area contributed by atoms with Crippen LogP contribution in [-0.2, 0) is 0 Å². The highest BCUT2D eigenvalue weighted by atomic mass is 35.5. The second kappa shape index (κ2) is 4.77. The summed E-state index contributed by atoms with van der Waals surface area (Å²) in [5, 5.41) is 12.9. The van der Waals surface area contributed by atoms with Crippen molar-refractivity contribution >= 4 is 17.6 Å². The van der Waals surface area contributed by atoms with Gasteiger partial charge in [0.25, 0.3) is 0 Å². The van der Waals surface area contributed by atoms with Crippen molar-refractivity contribution < 1.29 is 23.1 Å². The zero-order chi connectivity index (χ0) is 15.3. The summed E-state index contributed by atoms with van der Waals surface area (Å²) in [7, 11) is 0. The maximum absolute atomic E-state index is 13.3. The van der Waals surface area contributed by atoms with E-state index in [1.807, 2.05) is 0 Å². The smallest absolute Gasteiger partial charge is 0.340 e. The number of halogens is 4. The fourth-order valence-electron chi connectivity index (χ4n) is 2.09. The van der Waals surface area contributed by atoms with Crippen LogP contribution in [0.1, 0.15) is 34.8 Å². The number of rotatable bonds is 3. The van der Waals surface area contributed by atoms with E-state index < -0.39 is 23.4 Å². The summed E-state index contributed by atoms with van der Waals surface area (Å²) in [5.41, 5.74) is -0.0900. The predicted molar refractivity (Wildman–Crippen MR) is 67.4 cm³/mol. The molecule has 0 atom stereocenters. The van der Waals surface area contributed by atoms with Gasteiger partial charge in [-0.1, -0.05) is 11.6 Å². The van der Waals surface area contributed by atoms with Gasteiger partial charge in [0.2, 0.25) is 0 Å². The Labute approximate surface area is 121 Å². The summed E-state index contributed by atoms with van der Waals surface area (Å²) in [6.07, 6.45) is 1.56. The standard InChI is InChI=1S/C13H8ClF3N2O2/c14-12-9(13(20)21)11(5-1-2-5)18-19(12)6-3-7(15)10(17)8(16)4-6/h3-5H,1-2H2,(H,20,21). The van der Waals surface area contributed by atoms with Crippen LogP contribution in [-0.4, -0.2) is 20.9 Å². The van der Waals surface area contributed by atoms with Crippen molar-refractivity contribution in [3.05, 3.63) is 46.0 Å². The van der Waals surface area contributed by atoms with Crippen molar-refractivity contribution in [3.63, 3.8) is 0 Å². The van der Waals surface area contributed by atoms with E-state index in [4.69, 9.17) is 11.6 Å². The molecule has 0 bridgehead atoms. The third-order valence-corrected chi connectivity index (χ3v) is 3.60. The van der Waals surface area contributed by atoms with Crippen LogP contribution in [0.5, 0.6) is 0 Å². The third-order valence-electron chi connectivity index (χ3n) is 3.25. The zero-order valence-corrected chi connectivity index (χ0v) is 11.2. The number of carboxylic acid groups (broad SMARTS) is 1. The topological polar surface area (TPSA) is 55.1 Å². The third kappa shape index (κ3) is 2.27. The Balaban J connectivity index is 2.19. The lowest BCUT2D eigenvalue weighted by molar-refractivity contribution is 0.0696. The number of carboxylic acids is 1. The second-order valence-electron chi connectivity index (χ2n) is 4.77. The van der Waals surface area contributed by atoms with Crippen LogP contribution in [0.25, 0.3) is 5.69 Å². The molecule has 2 aromatic rings. The first-order chi connectivity index (χ1) is 9.90. The lowest BCUT2D eigenvalue weighted by atomic mass is 10.2. The molecule has 1 heterocycles. The second-order valence-corrected chi connectivity index (χ2v) is 5.12. The maximum Gasteiger partial charge on any atom is 0.340 e. The molecular formula is C13H8ClF3N2O2. The highest BCUT2D eigenvalue weighted by Crippen LogP contribution is 2.43. The van der Waals surface area contributed by atoms with Crippen LogP contribution in [0.4, 0.5) is 13.2 Å². The van der Waals surface area contributed by atoms with E-state index in [0.717, 1.165) is 17.5 Å². The Hall–Kier alpha value is -2.02. The normalized spacial score (nSPS) is 14.5. The van der Waals surface area contributed by atoms with Crippen LogP contribution in [0, 0.1) is 17.5 Å². The average molecular weight is 317 g/mol. The fourth-order valence-corrected chi connectivity index (χ4v) is 2.40. The molecule has 110 valence electrons. The first-order valence-electron chi connectivity index (χ1n) is 6.06. The van der Waals surface area contributed by atoms with Crippen molar-refractivity contribution in [3.8, 4) is 5.69 Å². The van der Waals surface area contributed by atoms with Crippen molar-refractivity contribution in [1.82, 2.24) is 9.78 Å². The molecule has 3 rings (SSSR count). The SMILES string of the molecule is O=C(O)c1c(C2CC2)nn(-c2cc(F)c(F)c(F)c2)c1Cl. The van der Waals surface area contributed by atoms with E-state index >= 15 is 0 Å². The van der Waals surface area contributed by atoms with Gasteiger partial charge in [0.05, 0.1) is 11.4 Å². The van der Waals surface area contributed by atoms with Crippen LogP contribution in [0.15, 0.2) is 12.1 Å². The first kappa shape index (κ1) is 13.9. The van der Waals surface area contributed by atoms with Gasteiger partial charge in [0.1, 0.15) is 10.7 Å². The van der Waals surface area contributed by atoms with E-state index in [0.29, 0.717) is 12.1 Å². The molecule has 8 heteroatoms. The van der Waals surface area contributed by atoms with Gasteiger partial charge >= 0.3 is 5.97 Å². The number of hydrogen-bond donors (Lipinski definition) is 1. The van der Waals surface area contributed by atoms with Crippen molar-refractivity contribution in [2.24, 2.45) is 0 Å². The van der Waals surface area contributed by atoms with Gasteiger partial charge < -0.3 is 5.11 Å². The molecule has 0 saturated heterocycles. The van der Waals surface area contributed by atoms with Crippen LogP contribution < -0.4 is 0 Å². The summed E-state index contributed by atoms with van der Waals surface area (Å²) < 4.78 is 40.4. The van der Waals surface area contributed by atoms with Crippen LogP contribution in [0.3, 0.4) is 0 Å². The molecular weight excluding hydrogens is 309 g/mol. The quantitative estimate of drug-likeness (QED) is 0.882. The maximum atomic E-state index is 13.3. The van der Waals surface area contributed by atoms with Crippen molar-refractivity contribution in [2.75, 3.05) is 0 Å². The number of benzene rings is 1. The molecule has 21 heavy (non-hydrogen) atoms. The van der Waals surface area contributed by atoms with Crippen molar-refractivity contribution in [2.45, 2.75) is 18.8 Å². The van der Waals surface area contributed by atoms with Crippen molar-refractivity contribution in [1.29, 1.82) is 0 Å². The summed E-state index contributed by atoms with van der Waals surface area (Å²) in [6.45, 7) is 0. The number of hydrogen-bond acceptors (Lipinski definition) is 2. The lowest BCUT2D eigenvalue weighted by Gasteiger charge is -2.04. The molecule has 4 nitrogen and oxygen atoms in total. The van der Waals surface area contributed by atoms with Gasteiger partial charge in [-0.25, -0.2) is 22.6 Å². The zero-order valence-electron chi connectivity index (χ0n) is 10.4. The molecule has 1 saturated carbocycles. The van der Waals surface area contributed by atoms with Gasteiger partial charge in [-0.3, -0.25) is 0 Å². The van der Waals surface area contributed by atoms with Gasteiger partial charge in [0, 0.05) is 18.1 Å². The van der Waals surface area contributed by atoms with Gasteiger partial charge in [-0.05, 0) is 12.8 Å². The molecule has 1 fully saturated rings. The highest BCUT2D eigenvalue weighted by Gasteiger charge is 2.34. The molecule has 0 amide bonds. The number of carbonyl (C=O) groups is 1. The molecule has 0 radical (unpaired) electrons. The molecule has 1 aromatic carbocycles. The van der Waals surface area contributed by atoms with E-state index in [-0.39, 0.29) is 28.0 Å². The Morgan fingerprint density at radius 1 is 1.29 bits per heavy atom. The van der Waals surface area contributed by atoms with Crippen LogP contribution >= 0.6 is 11.6 Å². The summed E-state index contributed by atoms with van der Waals surface area (Å²) in [5.74, 6) is -5.70. The number of aromatic nitrogens is 2. The van der Waals surface area contributed by atoms with E-state index in [1.165, 1.54) is 0 Å². The first-order valence-corrected chi connectivity index (χ1v) is 6.44. The van der Waals surface area contributed by atoms with E-state index in [1.54, 1.807) is 0 Å². The largest absolute Gasteiger partial charge is 0.478 e. The average Bonchev–Trinajstić information content (AvgIpc) is 3.19. The Kier molecular flexibility index (Phi) is 3.16. The monoisotopic (exact) mass is 316 g/mol. The van der Waals surface area contributed by atoms with Gasteiger partial charge in [-0.2, -0.15) is 5.10 Å². The molecule has 0 spiro atoms. The fraction of sp³-hybridized carbons (Fsp3) is 0.231. The highest BCUT2D eigenvalue weighted by molar-refractivity contribution is 6.33. The summed E-state index contributed by atoms with van der Waals surface area (Å²) >= 11 is 5.96. The van der Waals surface area contributed by atoms with E-state index in [9.17, 15) is 23.1 Å². The lowest BCUT2D eigenvalue weighted by Crippen LogP contribution is -2.02. The molecule has 0 unspecified atom stereocenters. The van der Waals surface area contributed by atoms with Gasteiger partial charge in [0.15, 0.2) is 17.5 Å². The number of nitrogens with zero attached hydrogens (tertiary/aromatic N) is 2. The molecule has 1 aliphatic carbocycles.